The highest BCUT2D eigenvalue weighted by atomic mass is 31.0. The summed E-state index contributed by atoms with van der Waals surface area (Å²) < 4.78 is 0. The van der Waals surface area contributed by atoms with Gasteiger partial charge in [-0.15, -0.1) is 9.24 Å². The Morgan fingerprint density at radius 3 is 1.89 bits per heavy atom. The van der Waals surface area contributed by atoms with Crippen LogP contribution in [0.25, 0.3) is 0 Å². The van der Waals surface area contributed by atoms with Crippen molar-refractivity contribution in [3.05, 3.63) is 0 Å². The van der Waals surface area contributed by atoms with Gasteiger partial charge in [-0.1, -0.05) is 67.7 Å². The molecule has 0 aromatic heterocycles. The van der Waals surface area contributed by atoms with Crippen LogP contribution >= 0.6 is 9.24 Å². The number of rotatable bonds is 18. The number of carboxylic acids is 2. The Bertz CT molecular complexity index is 774. The zero-order valence-electron chi connectivity index (χ0n) is 24.1. The third kappa shape index (κ3) is 9.33. The fourth-order valence-electron chi connectivity index (χ4n) is 5.61. The molecule has 0 bridgehead atoms. The van der Waals surface area contributed by atoms with Crippen LogP contribution in [0.15, 0.2) is 0 Å². The van der Waals surface area contributed by atoms with E-state index < -0.39 is 46.4 Å². The second-order valence-corrected chi connectivity index (χ2v) is 14.0. The number of nitrogens with one attached hydrogen (secondary N) is 1. The SMILES string of the molecule is CC(C)CCCC(C(=O)O)C(C(=O)NC1CCC1)C(C)(C)C(C)(C)CCCC(C(=O)O)C(C=O)C(C)P. The second-order valence-electron chi connectivity index (χ2n) is 12.9. The molecule has 0 aliphatic heterocycles. The van der Waals surface area contributed by atoms with Crippen molar-refractivity contribution in [2.45, 2.75) is 118 Å². The van der Waals surface area contributed by atoms with Crippen LogP contribution in [0.3, 0.4) is 0 Å². The van der Waals surface area contributed by atoms with Gasteiger partial charge in [0.05, 0.1) is 17.8 Å². The molecular formula is C29H52NO6P. The Kier molecular flexibility index (Phi) is 13.2. The minimum Gasteiger partial charge on any atom is -0.481 e. The molecule has 0 saturated heterocycles. The lowest BCUT2D eigenvalue weighted by Gasteiger charge is -2.49. The van der Waals surface area contributed by atoms with Crippen LogP contribution in [-0.2, 0) is 19.2 Å². The fraction of sp³-hybridized carbons (Fsp3) is 0.862. The topological polar surface area (TPSA) is 121 Å². The molecule has 7 nitrogen and oxygen atoms in total. The van der Waals surface area contributed by atoms with Gasteiger partial charge in [0, 0.05) is 12.0 Å². The lowest BCUT2D eigenvalue weighted by molar-refractivity contribution is -0.155. The molecule has 1 fully saturated rings. The van der Waals surface area contributed by atoms with Crippen LogP contribution in [-0.4, -0.2) is 46.0 Å². The van der Waals surface area contributed by atoms with Crippen LogP contribution in [0.4, 0.5) is 0 Å². The number of hydrogen-bond acceptors (Lipinski definition) is 4. The van der Waals surface area contributed by atoms with Gasteiger partial charge in [-0.25, -0.2) is 0 Å². The lowest BCUT2D eigenvalue weighted by Crippen LogP contribution is -2.54. The maximum atomic E-state index is 13.7. The van der Waals surface area contributed by atoms with Crippen molar-refractivity contribution in [2.75, 3.05) is 0 Å². The Balaban J connectivity index is 3.18. The number of carboxylic acid groups (broad SMARTS) is 2. The molecule has 0 spiro atoms. The Labute approximate surface area is 226 Å². The monoisotopic (exact) mass is 541 g/mol. The molecule has 1 aliphatic carbocycles. The third-order valence-electron chi connectivity index (χ3n) is 9.13. The number of carbonyl (C=O) groups excluding carboxylic acids is 2. The number of hydrogen-bond donors (Lipinski definition) is 3. The molecule has 214 valence electrons. The first kappa shape index (κ1) is 33.5. The molecule has 37 heavy (non-hydrogen) atoms. The molecule has 0 radical (unpaired) electrons. The summed E-state index contributed by atoms with van der Waals surface area (Å²) in [5, 5.41) is 23.1. The minimum absolute atomic E-state index is 0.115. The molecule has 0 aromatic carbocycles. The smallest absolute Gasteiger partial charge is 0.307 e. The maximum Gasteiger partial charge on any atom is 0.307 e. The quantitative estimate of drug-likeness (QED) is 0.149. The van der Waals surface area contributed by atoms with Crippen LogP contribution < -0.4 is 5.32 Å². The van der Waals surface area contributed by atoms with Gasteiger partial charge in [0.2, 0.25) is 5.91 Å². The van der Waals surface area contributed by atoms with E-state index in [4.69, 9.17) is 0 Å². The van der Waals surface area contributed by atoms with E-state index in [0.29, 0.717) is 31.6 Å². The zero-order valence-corrected chi connectivity index (χ0v) is 25.2. The van der Waals surface area contributed by atoms with E-state index in [2.05, 4.69) is 42.3 Å². The van der Waals surface area contributed by atoms with Gasteiger partial charge in [0.15, 0.2) is 0 Å². The first-order valence-corrected chi connectivity index (χ1v) is 14.7. The van der Waals surface area contributed by atoms with Gasteiger partial charge < -0.3 is 20.3 Å². The average molecular weight is 542 g/mol. The number of amides is 1. The summed E-state index contributed by atoms with van der Waals surface area (Å²) >= 11 is 0. The number of aldehydes is 1. The molecule has 1 saturated carbocycles. The van der Waals surface area contributed by atoms with Crippen molar-refractivity contribution in [3.63, 3.8) is 0 Å². The third-order valence-corrected chi connectivity index (χ3v) is 9.58. The largest absolute Gasteiger partial charge is 0.481 e. The van der Waals surface area contributed by atoms with Crippen molar-refractivity contribution in [1.82, 2.24) is 5.32 Å². The maximum absolute atomic E-state index is 13.7. The highest BCUT2D eigenvalue weighted by Crippen LogP contribution is 2.51. The molecule has 1 rings (SSSR count). The molecule has 6 atom stereocenters. The summed E-state index contributed by atoms with van der Waals surface area (Å²) in [6.45, 7) is 14.1. The van der Waals surface area contributed by atoms with Crippen molar-refractivity contribution < 1.29 is 29.4 Å². The van der Waals surface area contributed by atoms with Crippen molar-refractivity contribution in [1.29, 1.82) is 0 Å². The zero-order chi connectivity index (χ0) is 28.6. The highest BCUT2D eigenvalue weighted by Gasteiger charge is 2.51. The summed E-state index contributed by atoms with van der Waals surface area (Å²) in [4.78, 5) is 49.7. The summed E-state index contributed by atoms with van der Waals surface area (Å²) in [5.74, 6) is -4.49. The van der Waals surface area contributed by atoms with E-state index in [1.54, 1.807) is 0 Å². The molecule has 8 heteroatoms. The van der Waals surface area contributed by atoms with E-state index in [1.807, 2.05) is 20.8 Å². The Morgan fingerprint density at radius 2 is 1.49 bits per heavy atom. The first-order valence-electron chi connectivity index (χ1n) is 14.0. The summed E-state index contributed by atoms with van der Waals surface area (Å²) in [5.41, 5.74) is -1.27. The van der Waals surface area contributed by atoms with Crippen LogP contribution in [0.2, 0.25) is 0 Å². The first-order chi connectivity index (χ1) is 17.1. The highest BCUT2D eigenvalue weighted by molar-refractivity contribution is 7.17. The Morgan fingerprint density at radius 1 is 0.946 bits per heavy atom. The normalized spacial score (nSPS) is 18.8. The summed E-state index contributed by atoms with van der Waals surface area (Å²) in [7, 11) is 2.53. The summed E-state index contributed by atoms with van der Waals surface area (Å²) in [6.07, 6.45) is 7.31. The van der Waals surface area contributed by atoms with E-state index in [9.17, 15) is 29.4 Å². The standard InChI is InChI=1S/C29H52NO6P/c1-18(2)11-8-14-22(27(35)36)24(25(32)30-20-12-9-13-20)29(6,7)28(4,5)16-10-15-21(26(33)34)23(17-31)19(3)37/h17-24H,8-16,37H2,1-7H3,(H,30,32)(H,33,34)(H,35,36). The van der Waals surface area contributed by atoms with Gasteiger partial charge in [0.1, 0.15) is 6.29 Å². The Hall–Kier alpha value is -1.49. The number of carbonyl (C=O) groups is 4. The van der Waals surface area contributed by atoms with Crippen molar-refractivity contribution in [2.24, 2.45) is 40.4 Å². The van der Waals surface area contributed by atoms with Crippen LogP contribution in [0, 0.1) is 40.4 Å². The van der Waals surface area contributed by atoms with E-state index >= 15 is 0 Å². The van der Waals surface area contributed by atoms with Crippen molar-refractivity contribution in [3.8, 4) is 0 Å². The van der Waals surface area contributed by atoms with E-state index in [-0.39, 0.29) is 17.6 Å². The molecule has 0 heterocycles. The van der Waals surface area contributed by atoms with Gasteiger partial charge in [-0.3, -0.25) is 14.4 Å². The van der Waals surface area contributed by atoms with Crippen LogP contribution in [0.1, 0.15) is 106 Å². The van der Waals surface area contributed by atoms with Gasteiger partial charge >= 0.3 is 11.9 Å². The fourth-order valence-corrected chi connectivity index (χ4v) is 5.97. The van der Waals surface area contributed by atoms with Gasteiger partial charge in [-0.05, 0) is 60.9 Å². The van der Waals surface area contributed by atoms with E-state index in [1.165, 1.54) is 0 Å². The molecule has 3 N–H and O–H groups in total. The molecule has 6 unspecified atom stereocenters. The van der Waals surface area contributed by atoms with Gasteiger partial charge in [-0.2, -0.15) is 0 Å². The molecular weight excluding hydrogens is 489 g/mol. The second kappa shape index (κ2) is 14.6. The summed E-state index contributed by atoms with van der Waals surface area (Å²) in [6, 6.07) is 0.115. The molecule has 0 aromatic rings. The predicted octanol–water partition coefficient (Wildman–Crippen LogP) is 5.80. The minimum atomic E-state index is -0.975. The molecule has 1 amide bonds. The number of aliphatic carboxylic acids is 2. The molecule has 1 aliphatic rings. The van der Waals surface area contributed by atoms with Crippen molar-refractivity contribution >= 4 is 33.4 Å². The van der Waals surface area contributed by atoms with Crippen LogP contribution in [0.5, 0.6) is 0 Å². The average Bonchev–Trinajstić information content (AvgIpc) is 2.73. The van der Waals surface area contributed by atoms with E-state index in [0.717, 1.165) is 38.4 Å². The lowest BCUT2D eigenvalue weighted by atomic mass is 9.55. The predicted molar refractivity (Wildman–Crippen MR) is 150 cm³/mol. The van der Waals surface area contributed by atoms with Gasteiger partial charge in [0.25, 0.3) is 0 Å².